The summed E-state index contributed by atoms with van der Waals surface area (Å²) in [6.45, 7) is 7.83. The maximum atomic E-state index is 13.1. The molecule has 0 radical (unpaired) electrons. The normalized spacial score (nSPS) is 16.4. The molecule has 1 unspecified atom stereocenters. The number of imide groups is 1. The molecule has 1 saturated heterocycles. The molecule has 2 aromatic rings. The number of anilines is 1. The fourth-order valence-electron chi connectivity index (χ4n) is 3.51. The molecular formula is C25H26ClN3O4. The first-order chi connectivity index (χ1) is 15.5. The topological polar surface area (TPSA) is 86.8 Å². The van der Waals surface area contributed by atoms with E-state index < -0.39 is 29.7 Å². The van der Waals surface area contributed by atoms with Gasteiger partial charge in [0.05, 0.1) is 12.1 Å². The van der Waals surface area contributed by atoms with Crippen LogP contribution in [0.2, 0.25) is 5.02 Å². The number of amides is 4. The molecular weight excluding hydrogens is 442 g/mol. The van der Waals surface area contributed by atoms with E-state index >= 15 is 0 Å². The van der Waals surface area contributed by atoms with Gasteiger partial charge in [0.25, 0.3) is 17.7 Å². The van der Waals surface area contributed by atoms with Gasteiger partial charge in [-0.15, -0.1) is 0 Å². The van der Waals surface area contributed by atoms with E-state index in [1.54, 1.807) is 37.3 Å². The average molecular weight is 468 g/mol. The van der Waals surface area contributed by atoms with Crippen LogP contribution in [0.3, 0.4) is 0 Å². The zero-order chi connectivity index (χ0) is 24.3. The van der Waals surface area contributed by atoms with Gasteiger partial charge in [0.2, 0.25) is 5.91 Å². The molecule has 0 spiro atoms. The molecule has 7 nitrogen and oxygen atoms in total. The Balaban J connectivity index is 1.87. The Morgan fingerprint density at radius 1 is 1.12 bits per heavy atom. The fourth-order valence-corrected chi connectivity index (χ4v) is 3.69. The highest BCUT2D eigenvalue weighted by atomic mass is 35.5. The number of carbonyl (C=O) groups excluding carboxylic acids is 4. The summed E-state index contributed by atoms with van der Waals surface area (Å²) in [6.07, 6.45) is 2.45. The van der Waals surface area contributed by atoms with E-state index in [-0.39, 0.29) is 11.8 Å². The number of hydrogen-bond acceptors (Lipinski definition) is 4. The SMILES string of the molecule is CC=CC(=O)N(NC(=O)c1ccc(C(C)(C)C)cc1)C1CC(=O)N(c2cccc(Cl)c2)C1=O. The number of nitrogens with zero attached hydrogens (tertiary/aromatic N) is 2. The first-order valence-electron chi connectivity index (χ1n) is 10.5. The minimum atomic E-state index is -1.18. The second-order valence-corrected chi connectivity index (χ2v) is 9.18. The van der Waals surface area contributed by atoms with Crippen molar-refractivity contribution in [3.63, 3.8) is 0 Å². The highest BCUT2D eigenvalue weighted by molar-refractivity contribution is 6.31. The number of benzene rings is 2. The Labute approximate surface area is 198 Å². The predicted octanol–water partition coefficient (Wildman–Crippen LogP) is 4.02. The molecule has 172 valence electrons. The van der Waals surface area contributed by atoms with E-state index in [1.165, 1.54) is 18.2 Å². The second-order valence-electron chi connectivity index (χ2n) is 8.74. The Kier molecular flexibility index (Phi) is 7.03. The maximum absolute atomic E-state index is 13.1. The van der Waals surface area contributed by atoms with Gasteiger partial charge in [-0.05, 0) is 48.2 Å². The summed E-state index contributed by atoms with van der Waals surface area (Å²) in [4.78, 5) is 52.5. The molecule has 4 amide bonds. The summed E-state index contributed by atoms with van der Waals surface area (Å²) >= 11 is 6.01. The van der Waals surface area contributed by atoms with Crippen molar-refractivity contribution in [2.75, 3.05) is 4.90 Å². The lowest BCUT2D eigenvalue weighted by Crippen LogP contribution is -2.54. The average Bonchev–Trinajstić information content (AvgIpc) is 3.05. The first kappa shape index (κ1) is 24.2. The van der Waals surface area contributed by atoms with Crippen LogP contribution in [-0.4, -0.2) is 34.7 Å². The van der Waals surface area contributed by atoms with Gasteiger partial charge in [0.15, 0.2) is 0 Å². The number of halogens is 1. The molecule has 1 aliphatic heterocycles. The molecule has 2 aromatic carbocycles. The van der Waals surface area contributed by atoms with Crippen molar-refractivity contribution in [2.45, 2.75) is 45.6 Å². The number of hydrazine groups is 1. The molecule has 1 atom stereocenters. The summed E-state index contributed by atoms with van der Waals surface area (Å²) < 4.78 is 0. The first-order valence-corrected chi connectivity index (χ1v) is 10.9. The number of nitrogens with one attached hydrogen (secondary N) is 1. The third-order valence-electron chi connectivity index (χ3n) is 5.28. The van der Waals surface area contributed by atoms with Crippen LogP contribution < -0.4 is 10.3 Å². The van der Waals surface area contributed by atoms with Crippen LogP contribution in [0.15, 0.2) is 60.7 Å². The van der Waals surface area contributed by atoms with E-state index in [1.807, 2.05) is 12.1 Å². The molecule has 0 saturated carbocycles. The maximum Gasteiger partial charge on any atom is 0.269 e. The molecule has 0 bridgehead atoms. The molecule has 33 heavy (non-hydrogen) atoms. The lowest BCUT2D eigenvalue weighted by atomic mass is 9.87. The number of carbonyl (C=O) groups is 4. The van der Waals surface area contributed by atoms with Crippen molar-refractivity contribution < 1.29 is 19.2 Å². The van der Waals surface area contributed by atoms with E-state index in [9.17, 15) is 19.2 Å². The molecule has 1 heterocycles. The van der Waals surface area contributed by atoms with Gasteiger partial charge in [-0.25, -0.2) is 9.91 Å². The van der Waals surface area contributed by atoms with Gasteiger partial charge in [0, 0.05) is 16.7 Å². The summed E-state index contributed by atoms with van der Waals surface area (Å²) in [5, 5.41) is 1.29. The third-order valence-corrected chi connectivity index (χ3v) is 5.52. The summed E-state index contributed by atoms with van der Waals surface area (Å²) in [6, 6.07) is 12.2. The Morgan fingerprint density at radius 2 is 1.79 bits per heavy atom. The smallest absolute Gasteiger partial charge is 0.269 e. The minimum absolute atomic E-state index is 0.0800. The monoisotopic (exact) mass is 467 g/mol. The summed E-state index contributed by atoms with van der Waals surface area (Å²) in [7, 11) is 0. The second kappa shape index (κ2) is 9.58. The van der Waals surface area contributed by atoms with Crippen molar-refractivity contribution in [3.05, 3.63) is 76.8 Å². The lowest BCUT2D eigenvalue weighted by Gasteiger charge is -2.27. The Bertz CT molecular complexity index is 1120. The van der Waals surface area contributed by atoms with Gasteiger partial charge < -0.3 is 0 Å². The van der Waals surface area contributed by atoms with Crippen LogP contribution in [0, 0.1) is 0 Å². The number of rotatable bonds is 4. The van der Waals surface area contributed by atoms with Crippen LogP contribution in [0.5, 0.6) is 0 Å². The lowest BCUT2D eigenvalue weighted by molar-refractivity contribution is -0.137. The zero-order valence-electron chi connectivity index (χ0n) is 19.0. The van der Waals surface area contributed by atoms with Crippen LogP contribution in [0.25, 0.3) is 0 Å². The van der Waals surface area contributed by atoms with Crippen molar-refractivity contribution in [1.29, 1.82) is 0 Å². The standard InChI is InChI=1S/C25H26ClN3O4/c1-5-7-21(30)29(27-23(32)16-10-12-17(13-11-16)25(2,3)4)20-15-22(31)28(24(20)33)19-9-6-8-18(26)14-19/h5-14,20H,15H2,1-4H3,(H,27,32). The predicted molar refractivity (Wildman–Crippen MR) is 127 cm³/mol. The summed E-state index contributed by atoms with van der Waals surface area (Å²) in [5.41, 5.74) is 4.12. The van der Waals surface area contributed by atoms with Gasteiger partial charge >= 0.3 is 0 Å². The van der Waals surface area contributed by atoms with Gasteiger partial charge in [0.1, 0.15) is 6.04 Å². The molecule has 0 aromatic heterocycles. The van der Waals surface area contributed by atoms with Crippen LogP contribution in [0.4, 0.5) is 5.69 Å². The molecule has 1 fully saturated rings. The van der Waals surface area contributed by atoms with E-state index in [2.05, 4.69) is 26.2 Å². The van der Waals surface area contributed by atoms with E-state index in [0.29, 0.717) is 16.3 Å². The highest BCUT2D eigenvalue weighted by Crippen LogP contribution is 2.28. The zero-order valence-corrected chi connectivity index (χ0v) is 19.7. The highest BCUT2D eigenvalue weighted by Gasteiger charge is 2.45. The van der Waals surface area contributed by atoms with Crippen LogP contribution in [0.1, 0.15) is 50.0 Å². The van der Waals surface area contributed by atoms with E-state index in [0.717, 1.165) is 15.5 Å². The Hall–Kier alpha value is -3.45. The Morgan fingerprint density at radius 3 is 2.36 bits per heavy atom. The molecule has 3 rings (SSSR count). The van der Waals surface area contributed by atoms with Gasteiger partial charge in [-0.1, -0.05) is 56.6 Å². The fraction of sp³-hybridized carbons (Fsp3) is 0.280. The van der Waals surface area contributed by atoms with Crippen LogP contribution >= 0.6 is 11.6 Å². The quantitative estimate of drug-likeness (QED) is 0.418. The molecule has 8 heteroatoms. The molecule has 1 aliphatic rings. The van der Waals surface area contributed by atoms with Crippen molar-refractivity contribution in [2.24, 2.45) is 0 Å². The van der Waals surface area contributed by atoms with Gasteiger partial charge in [-0.2, -0.15) is 0 Å². The summed E-state index contributed by atoms with van der Waals surface area (Å²) in [5.74, 6) is -2.29. The van der Waals surface area contributed by atoms with Gasteiger partial charge in [-0.3, -0.25) is 24.6 Å². The van der Waals surface area contributed by atoms with Crippen molar-refractivity contribution in [3.8, 4) is 0 Å². The molecule has 1 N–H and O–H groups in total. The van der Waals surface area contributed by atoms with Crippen molar-refractivity contribution in [1.82, 2.24) is 10.4 Å². The minimum Gasteiger partial charge on any atom is -0.274 e. The third kappa shape index (κ3) is 5.31. The van der Waals surface area contributed by atoms with Crippen molar-refractivity contribution >= 4 is 40.9 Å². The molecule has 0 aliphatic carbocycles. The van der Waals surface area contributed by atoms with Crippen LogP contribution in [-0.2, 0) is 19.8 Å². The number of hydrogen-bond donors (Lipinski definition) is 1. The number of allylic oxidation sites excluding steroid dienone is 1. The largest absolute Gasteiger partial charge is 0.274 e. The van der Waals surface area contributed by atoms with E-state index in [4.69, 9.17) is 11.6 Å².